The van der Waals surface area contributed by atoms with Gasteiger partial charge < -0.3 is 15.1 Å². The van der Waals surface area contributed by atoms with Gasteiger partial charge in [0, 0.05) is 37.4 Å². The summed E-state index contributed by atoms with van der Waals surface area (Å²) in [4.78, 5) is 8.49. The van der Waals surface area contributed by atoms with E-state index in [0.29, 0.717) is 17.9 Å². The molecule has 0 spiro atoms. The summed E-state index contributed by atoms with van der Waals surface area (Å²) in [6.07, 6.45) is 5.29. The van der Waals surface area contributed by atoms with Gasteiger partial charge in [-0.05, 0) is 46.0 Å². The van der Waals surface area contributed by atoms with E-state index in [4.69, 9.17) is 0 Å². The van der Waals surface area contributed by atoms with Crippen LogP contribution in [0.4, 0.5) is 10.2 Å². The predicted octanol–water partition coefficient (Wildman–Crippen LogP) is 2.25. The van der Waals surface area contributed by atoms with E-state index < -0.39 is 0 Å². The summed E-state index contributed by atoms with van der Waals surface area (Å²) in [5.41, 5.74) is 0.849. The standard InChI is InChI=1S/C16H27FN4/c1-5-18-11-13-7-10-19-15(14(13)17)21(4)12-16(20(2)3)8-6-9-16/h7,10,18H,5-6,8-9,11-12H2,1-4H3. The van der Waals surface area contributed by atoms with Crippen LogP contribution in [-0.4, -0.2) is 49.7 Å². The van der Waals surface area contributed by atoms with Crippen LogP contribution in [0.3, 0.4) is 0 Å². The van der Waals surface area contributed by atoms with E-state index in [0.717, 1.165) is 13.1 Å². The van der Waals surface area contributed by atoms with Gasteiger partial charge in [-0.25, -0.2) is 9.37 Å². The minimum Gasteiger partial charge on any atom is -0.355 e. The number of likely N-dealkylation sites (N-methyl/N-ethyl adjacent to an activating group) is 2. The molecule has 118 valence electrons. The Balaban J connectivity index is 2.13. The number of rotatable bonds is 7. The molecule has 1 fully saturated rings. The molecule has 5 heteroatoms. The average molecular weight is 294 g/mol. The van der Waals surface area contributed by atoms with Crippen LogP contribution in [0.1, 0.15) is 31.7 Å². The molecule has 1 N–H and O–H groups in total. The van der Waals surface area contributed by atoms with Crippen molar-refractivity contribution in [2.24, 2.45) is 0 Å². The van der Waals surface area contributed by atoms with Gasteiger partial charge in [-0.1, -0.05) is 6.92 Å². The van der Waals surface area contributed by atoms with Crippen molar-refractivity contribution in [2.75, 3.05) is 39.1 Å². The van der Waals surface area contributed by atoms with E-state index in [-0.39, 0.29) is 11.4 Å². The average Bonchev–Trinajstić information content (AvgIpc) is 2.41. The lowest BCUT2D eigenvalue weighted by atomic mass is 9.75. The monoisotopic (exact) mass is 294 g/mol. The topological polar surface area (TPSA) is 31.4 Å². The van der Waals surface area contributed by atoms with Gasteiger partial charge in [0.05, 0.1) is 0 Å². The molecule has 0 radical (unpaired) electrons. The summed E-state index contributed by atoms with van der Waals surface area (Å²) >= 11 is 0. The van der Waals surface area contributed by atoms with Gasteiger partial charge in [0.15, 0.2) is 11.6 Å². The third-order valence-electron chi connectivity index (χ3n) is 4.64. The van der Waals surface area contributed by atoms with Crippen LogP contribution >= 0.6 is 0 Å². The first-order chi connectivity index (χ1) is 10.00. The lowest BCUT2D eigenvalue weighted by Crippen LogP contribution is -2.57. The van der Waals surface area contributed by atoms with Crippen molar-refractivity contribution in [3.63, 3.8) is 0 Å². The SMILES string of the molecule is CCNCc1ccnc(N(C)CC2(N(C)C)CCC2)c1F. The van der Waals surface area contributed by atoms with Crippen molar-refractivity contribution in [2.45, 2.75) is 38.3 Å². The minimum atomic E-state index is -0.200. The maximum atomic E-state index is 14.6. The second-order valence-corrected chi connectivity index (χ2v) is 6.22. The van der Waals surface area contributed by atoms with Crippen molar-refractivity contribution in [3.05, 3.63) is 23.6 Å². The third kappa shape index (κ3) is 3.35. The van der Waals surface area contributed by atoms with Gasteiger partial charge in [-0.3, -0.25) is 0 Å². The second kappa shape index (κ2) is 6.71. The summed E-state index contributed by atoms with van der Waals surface area (Å²) in [6.45, 7) is 4.21. The zero-order chi connectivity index (χ0) is 15.5. The van der Waals surface area contributed by atoms with Crippen molar-refractivity contribution in [1.82, 2.24) is 15.2 Å². The van der Waals surface area contributed by atoms with Gasteiger partial charge in [0.2, 0.25) is 0 Å². The van der Waals surface area contributed by atoms with Crippen LogP contribution < -0.4 is 10.2 Å². The molecular weight excluding hydrogens is 267 g/mol. The quantitative estimate of drug-likeness (QED) is 0.836. The van der Waals surface area contributed by atoms with E-state index in [9.17, 15) is 4.39 Å². The minimum absolute atomic E-state index is 0.167. The van der Waals surface area contributed by atoms with Gasteiger partial charge in [-0.2, -0.15) is 0 Å². The molecular formula is C16H27FN4. The fraction of sp³-hybridized carbons (Fsp3) is 0.688. The Morgan fingerprint density at radius 2 is 2.05 bits per heavy atom. The van der Waals surface area contributed by atoms with Crippen molar-refractivity contribution >= 4 is 5.82 Å². The van der Waals surface area contributed by atoms with Crippen LogP contribution in [0.25, 0.3) is 0 Å². The summed E-state index contributed by atoms with van der Waals surface area (Å²) in [7, 11) is 6.16. The molecule has 4 nitrogen and oxygen atoms in total. The van der Waals surface area contributed by atoms with Crippen LogP contribution in [0.5, 0.6) is 0 Å². The molecule has 0 amide bonds. The number of anilines is 1. The molecule has 0 unspecified atom stereocenters. The Kier molecular flexibility index (Phi) is 5.17. The van der Waals surface area contributed by atoms with Gasteiger partial charge >= 0.3 is 0 Å². The second-order valence-electron chi connectivity index (χ2n) is 6.22. The third-order valence-corrected chi connectivity index (χ3v) is 4.64. The summed E-state index contributed by atoms with van der Waals surface area (Å²) in [6, 6.07) is 1.75. The van der Waals surface area contributed by atoms with E-state index in [1.165, 1.54) is 19.3 Å². The molecule has 21 heavy (non-hydrogen) atoms. The predicted molar refractivity (Wildman–Crippen MR) is 85.1 cm³/mol. The summed E-state index contributed by atoms with van der Waals surface area (Å²) in [5, 5.41) is 3.17. The Hall–Kier alpha value is -1.20. The summed E-state index contributed by atoms with van der Waals surface area (Å²) < 4.78 is 14.6. The zero-order valence-electron chi connectivity index (χ0n) is 13.6. The number of nitrogens with zero attached hydrogens (tertiary/aromatic N) is 3. The molecule has 0 saturated heterocycles. The highest BCUT2D eigenvalue weighted by molar-refractivity contribution is 5.43. The Bertz CT molecular complexity index is 471. The van der Waals surface area contributed by atoms with E-state index in [2.05, 4.69) is 29.3 Å². The molecule has 0 aromatic carbocycles. The lowest BCUT2D eigenvalue weighted by molar-refractivity contribution is 0.0680. The van der Waals surface area contributed by atoms with Crippen LogP contribution in [0, 0.1) is 5.82 Å². The van der Waals surface area contributed by atoms with Gasteiger partial charge in [-0.15, -0.1) is 0 Å². The molecule has 2 rings (SSSR count). The number of nitrogens with one attached hydrogen (secondary N) is 1. The fourth-order valence-electron chi connectivity index (χ4n) is 2.98. The van der Waals surface area contributed by atoms with Gasteiger partial charge in [0.1, 0.15) is 0 Å². The Morgan fingerprint density at radius 3 is 2.57 bits per heavy atom. The molecule has 0 bridgehead atoms. The zero-order valence-corrected chi connectivity index (χ0v) is 13.6. The van der Waals surface area contributed by atoms with E-state index >= 15 is 0 Å². The highest BCUT2D eigenvalue weighted by atomic mass is 19.1. The van der Waals surface area contributed by atoms with Crippen LogP contribution in [-0.2, 0) is 6.54 Å². The Labute approximate surface area is 127 Å². The highest BCUT2D eigenvalue weighted by Crippen LogP contribution is 2.37. The highest BCUT2D eigenvalue weighted by Gasteiger charge is 2.40. The number of hydrogen-bond acceptors (Lipinski definition) is 4. The molecule has 1 saturated carbocycles. The van der Waals surface area contributed by atoms with Crippen molar-refractivity contribution < 1.29 is 4.39 Å². The van der Waals surface area contributed by atoms with Crippen molar-refractivity contribution in [3.8, 4) is 0 Å². The van der Waals surface area contributed by atoms with Gasteiger partial charge in [0.25, 0.3) is 0 Å². The molecule has 1 aromatic rings. The maximum Gasteiger partial charge on any atom is 0.170 e. The maximum absolute atomic E-state index is 14.6. The smallest absolute Gasteiger partial charge is 0.170 e. The first-order valence-corrected chi connectivity index (χ1v) is 7.73. The fourth-order valence-corrected chi connectivity index (χ4v) is 2.98. The molecule has 0 atom stereocenters. The first-order valence-electron chi connectivity index (χ1n) is 7.73. The van der Waals surface area contributed by atoms with Crippen LogP contribution in [0.15, 0.2) is 12.3 Å². The molecule has 1 aliphatic rings. The molecule has 1 aliphatic carbocycles. The number of halogens is 1. The summed E-state index contributed by atoms with van der Waals surface area (Å²) in [5.74, 6) is 0.257. The number of aromatic nitrogens is 1. The number of hydrogen-bond donors (Lipinski definition) is 1. The largest absolute Gasteiger partial charge is 0.355 e. The lowest BCUT2D eigenvalue weighted by Gasteiger charge is -2.49. The van der Waals surface area contributed by atoms with Crippen LogP contribution in [0.2, 0.25) is 0 Å². The molecule has 0 aliphatic heterocycles. The number of pyridine rings is 1. The Morgan fingerprint density at radius 1 is 1.33 bits per heavy atom. The van der Waals surface area contributed by atoms with E-state index in [1.54, 1.807) is 12.3 Å². The first kappa shape index (κ1) is 16.2. The van der Waals surface area contributed by atoms with Crippen molar-refractivity contribution in [1.29, 1.82) is 0 Å². The molecule has 1 aromatic heterocycles. The normalized spacial score (nSPS) is 16.9. The van der Waals surface area contributed by atoms with E-state index in [1.807, 2.05) is 18.9 Å². The molecule has 1 heterocycles.